The quantitative estimate of drug-likeness (QED) is 0.735. The molecule has 2 rings (SSSR count). The molecule has 3 atom stereocenters. The van der Waals surface area contributed by atoms with Crippen LogP contribution in [0.5, 0.6) is 0 Å². The minimum Gasteiger partial charge on any atom is -0.465 e. The van der Waals surface area contributed by atoms with Crippen LogP contribution in [-0.4, -0.2) is 46.9 Å². The second-order valence-electron chi connectivity index (χ2n) is 8.76. The smallest absolute Gasteiger partial charge is 0.407 e. The molecule has 1 aliphatic rings. The lowest BCUT2D eigenvalue weighted by atomic mass is 9.73. The lowest BCUT2D eigenvalue weighted by Crippen LogP contribution is -2.44. The number of hydrogen-bond acceptors (Lipinski definition) is 4. The third-order valence-corrected chi connectivity index (χ3v) is 5.26. The molecule has 1 fully saturated rings. The molecule has 1 N–H and O–H groups in total. The highest BCUT2D eigenvalue weighted by molar-refractivity contribution is 5.70. The van der Waals surface area contributed by atoms with Crippen LogP contribution in [0.3, 0.4) is 0 Å². The molecule has 2 unspecified atom stereocenters. The van der Waals surface area contributed by atoms with E-state index >= 15 is 0 Å². The Kier molecular flexibility index (Phi) is 6.89. The second kappa shape index (κ2) is 8.81. The molecule has 0 aliphatic carbocycles. The van der Waals surface area contributed by atoms with Crippen LogP contribution in [0.2, 0.25) is 0 Å². The molecule has 158 valence electrons. The Balaban J connectivity index is 2.24. The van der Waals surface area contributed by atoms with Gasteiger partial charge < -0.3 is 14.7 Å². The fraction of sp³-hybridized carbons (Fsp3) is 0.591. The number of alkyl halides is 1. The van der Waals surface area contributed by atoms with Gasteiger partial charge in [-0.2, -0.15) is 5.26 Å². The van der Waals surface area contributed by atoms with E-state index in [1.165, 1.54) is 0 Å². The Hall–Kier alpha value is -2.62. The highest BCUT2D eigenvalue weighted by Crippen LogP contribution is 2.39. The van der Waals surface area contributed by atoms with E-state index in [4.69, 9.17) is 9.84 Å². The Bertz CT molecular complexity index is 799. The van der Waals surface area contributed by atoms with E-state index in [0.29, 0.717) is 17.5 Å². The largest absolute Gasteiger partial charge is 0.465 e. The number of benzene rings is 1. The van der Waals surface area contributed by atoms with E-state index in [9.17, 15) is 19.2 Å². The van der Waals surface area contributed by atoms with Crippen LogP contribution < -0.4 is 0 Å². The van der Waals surface area contributed by atoms with Crippen LogP contribution in [0, 0.1) is 11.3 Å². The molecule has 7 heteroatoms. The first-order valence-corrected chi connectivity index (χ1v) is 9.81. The number of nitrogens with zero attached hydrogens (tertiary/aromatic N) is 2. The van der Waals surface area contributed by atoms with Crippen molar-refractivity contribution < 1.29 is 23.8 Å². The number of halogens is 1. The first-order chi connectivity index (χ1) is 13.5. The highest BCUT2D eigenvalue weighted by Gasteiger charge is 2.37. The fourth-order valence-electron chi connectivity index (χ4n) is 3.75. The van der Waals surface area contributed by atoms with Crippen molar-refractivity contribution in [2.45, 2.75) is 70.1 Å². The lowest BCUT2D eigenvalue weighted by molar-refractivity contribution is -0.155. The number of nitriles is 1. The van der Waals surface area contributed by atoms with Gasteiger partial charge in [-0.1, -0.05) is 24.3 Å². The van der Waals surface area contributed by atoms with Gasteiger partial charge in [0.2, 0.25) is 0 Å². The Morgan fingerprint density at radius 3 is 2.52 bits per heavy atom. The first-order valence-electron chi connectivity index (χ1n) is 9.81. The van der Waals surface area contributed by atoms with Gasteiger partial charge in [-0.25, -0.2) is 9.18 Å². The maximum absolute atomic E-state index is 14.9. The maximum Gasteiger partial charge on any atom is 0.407 e. The van der Waals surface area contributed by atoms with E-state index in [1.54, 1.807) is 52.0 Å². The monoisotopic (exact) mass is 404 g/mol. The van der Waals surface area contributed by atoms with E-state index in [1.807, 2.05) is 0 Å². The molecule has 0 bridgehead atoms. The number of ether oxygens (including phenoxy) is 1. The molecule has 1 aromatic carbocycles. The maximum atomic E-state index is 14.9. The van der Waals surface area contributed by atoms with Crippen LogP contribution in [0.4, 0.5) is 9.18 Å². The van der Waals surface area contributed by atoms with Crippen molar-refractivity contribution in [2.75, 3.05) is 13.1 Å². The van der Waals surface area contributed by atoms with Gasteiger partial charge in [0.15, 0.2) is 0 Å². The van der Waals surface area contributed by atoms with Gasteiger partial charge in [-0.15, -0.1) is 0 Å². The number of esters is 1. The standard InChI is InChI=1S/C22H29FN2O4/c1-21(2,3)29-19(26)9-11-22(4,14-24)17-8-6-5-7-15(17)16-10-12-25(20(27)28)13-18(16)23/h5-8,16,18H,9-13H2,1-4H3,(H,27,28)/t16?,18?,22-/m0/s1. The number of carbonyl (C=O) groups excluding carboxylic acids is 1. The second-order valence-corrected chi connectivity index (χ2v) is 8.76. The predicted molar refractivity (Wildman–Crippen MR) is 106 cm³/mol. The molecule has 1 aliphatic heterocycles. The number of piperidine rings is 1. The molecular formula is C22H29FN2O4. The van der Waals surface area contributed by atoms with Crippen LogP contribution in [0.1, 0.15) is 64.0 Å². The normalized spacial score (nSPS) is 21.7. The van der Waals surface area contributed by atoms with Crippen molar-refractivity contribution in [3.8, 4) is 6.07 Å². The average Bonchev–Trinajstić information content (AvgIpc) is 2.64. The summed E-state index contributed by atoms with van der Waals surface area (Å²) in [5, 5.41) is 19.0. The zero-order chi connectivity index (χ0) is 21.8. The summed E-state index contributed by atoms with van der Waals surface area (Å²) in [7, 11) is 0. The van der Waals surface area contributed by atoms with E-state index in [-0.39, 0.29) is 31.9 Å². The average molecular weight is 404 g/mol. The zero-order valence-electron chi connectivity index (χ0n) is 17.4. The minimum absolute atomic E-state index is 0.0756. The Labute approximate surface area is 171 Å². The van der Waals surface area contributed by atoms with Gasteiger partial charge in [-0.3, -0.25) is 4.79 Å². The van der Waals surface area contributed by atoms with Gasteiger partial charge >= 0.3 is 12.1 Å². The third kappa shape index (κ3) is 5.69. The predicted octanol–water partition coefficient (Wildman–Crippen LogP) is 4.40. The summed E-state index contributed by atoms with van der Waals surface area (Å²) < 4.78 is 20.2. The summed E-state index contributed by atoms with van der Waals surface area (Å²) in [5.41, 5.74) is -0.199. The van der Waals surface area contributed by atoms with Crippen molar-refractivity contribution in [1.29, 1.82) is 5.26 Å². The number of amides is 1. The summed E-state index contributed by atoms with van der Waals surface area (Å²) >= 11 is 0. The van der Waals surface area contributed by atoms with Gasteiger partial charge in [0, 0.05) is 18.9 Å². The van der Waals surface area contributed by atoms with Gasteiger partial charge in [0.1, 0.15) is 11.8 Å². The van der Waals surface area contributed by atoms with Crippen molar-refractivity contribution in [1.82, 2.24) is 4.90 Å². The van der Waals surface area contributed by atoms with Crippen LogP contribution >= 0.6 is 0 Å². The summed E-state index contributed by atoms with van der Waals surface area (Å²) in [4.78, 5) is 24.4. The number of carbonyl (C=O) groups is 2. The van der Waals surface area contributed by atoms with Crippen LogP contribution in [-0.2, 0) is 14.9 Å². The molecule has 1 amide bonds. The van der Waals surface area contributed by atoms with Crippen LogP contribution in [0.15, 0.2) is 24.3 Å². The van der Waals surface area contributed by atoms with Gasteiger partial charge in [0.25, 0.3) is 0 Å². The summed E-state index contributed by atoms with van der Waals surface area (Å²) in [5.74, 6) is -0.870. The Morgan fingerprint density at radius 2 is 1.97 bits per heavy atom. The summed E-state index contributed by atoms with van der Waals surface area (Å²) in [6.07, 6.45) is -1.81. The minimum atomic E-state index is -1.35. The van der Waals surface area contributed by atoms with Crippen molar-refractivity contribution >= 4 is 12.1 Å². The highest BCUT2D eigenvalue weighted by atomic mass is 19.1. The first kappa shape index (κ1) is 22.7. The molecule has 1 saturated heterocycles. The number of likely N-dealkylation sites (tertiary alicyclic amines) is 1. The lowest BCUT2D eigenvalue weighted by Gasteiger charge is -2.36. The number of rotatable bonds is 5. The van der Waals surface area contributed by atoms with Gasteiger partial charge in [0.05, 0.1) is 18.0 Å². The molecule has 1 aromatic rings. The SMILES string of the molecule is CC(C)(C)OC(=O)CC[C@@](C)(C#N)c1ccccc1C1CCN(C(=O)O)CC1F. The molecule has 29 heavy (non-hydrogen) atoms. The molecule has 0 aromatic heterocycles. The molecule has 0 radical (unpaired) electrons. The Morgan fingerprint density at radius 1 is 1.31 bits per heavy atom. The fourth-order valence-corrected chi connectivity index (χ4v) is 3.75. The molecule has 6 nitrogen and oxygen atoms in total. The molecule has 0 spiro atoms. The third-order valence-electron chi connectivity index (χ3n) is 5.26. The molecular weight excluding hydrogens is 375 g/mol. The summed E-state index contributed by atoms with van der Waals surface area (Å²) in [6.45, 7) is 7.17. The van der Waals surface area contributed by atoms with Crippen molar-refractivity contribution in [2.24, 2.45) is 0 Å². The van der Waals surface area contributed by atoms with E-state index in [0.717, 1.165) is 4.90 Å². The van der Waals surface area contributed by atoms with E-state index < -0.39 is 29.2 Å². The van der Waals surface area contributed by atoms with Gasteiger partial charge in [-0.05, 0) is 51.7 Å². The van der Waals surface area contributed by atoms with Crippen molar-refractivity contribution in [3.63, 3.8) is 0 Å². The van der Waals surface area contributed by atoms with E-state index in [2.05, 4.69) is 6.07 Å². The van der Waals surface area contributed by atoms with Crippen molar-refractivity contribution in [3.05, 3.63) is 35.4 Å². The zero-order valence-corrected chi connectivity index (χ0v) is 17.4. The summed E-state index contributed by atoms with van der Waals surface area (Å²) in [6, 6.07) is 9.48. The molecule has 1 heterocycles. The molecule has 0 saturated carbocycles. The van der Waals surface area contributed by atoms with Crippen LogP contribution in [0.25, 0.3) is 0 Å². The number of hydrogen-bond donors (Lipinski definition) is 1. The topological polar surface area (TPSA) is 90.6 Å². The number of carboxylic acid groups (broad SMARTS) is 1.